The third kappa shape index (κ3) is 2.72. The number of nitrogens with one attached hydrogen (secondary N) is 1. The summed E-state index contributed by atoms with van der Waals surface area (Å²) in [7, 11) is 0. The van der Waals surface area contributed by atoms with Crippen molar-refractivity contribution in [3.05, 3.63) is 22.4 Å². The molecule has 3 fully saturated rings. The summed E-state index contributed by atoms with van der Waals surface area (Å²) in [6.07, 6.45) is 2.32. The van der Waals surface area contributed by atoms with E-state index in [0.29, 0.717) is 6.54 Å². The van der Waals surface area contributed by atoms with Gasteiger partial charge in [0.05, 0.1) is 12.6 Å². The van der Waals surface area contributed by atoms with Gasteiger partial charge in [-0.2, -0.15) is 0 Å². The lowest BCUT2D eigenvalue weighted by atomic mass is 9.92. The summed E-state index contributed by atoms with van der Waals surface area (Å²) in [5, 5.41) is 5.32. The molecule has 3 aliphatic heterocycles. The summed E-state index contributed by atoms with van der Waals surface area (Å²) >= 11 is 1.68. The molecule has 0 radical (unpaired) electrons. The van der Waals surface area contributed by atoms with Crippen LogP contribution < -0.4 is 5.32 Å². The van der Waals surface area contributed by atoms with Gasteiger partial charge in [-0.25, -0.2) is 4.79 Å². The largest absolute Gasteiger partial charge is 0.441 e. The van der Waals surface area contributed by atoms with E-state index in [4.69, 9.17) is 4.74 Å². The van der Waals surface area contributed by atoms with Crippen molar-refractivity contribution in [1.82, 2.24) is 15.1 Å². The number of carbonyl (C=O) groups excluding carboxylic acids is 2. The minimum atomic E-state index is -0.384. The van der Waals surface area contributed by atoms with Gasteiger partial charge < -0.3 is 15.0 Å². The highest BCUT2D eigenvalue weighted by Gasteiger charge is 2.47. The Morgan fingerprint density at radius 1 is 1.43 bits per heavy atom. The molecule has 3 saturated heterocycles. The summed E-state index contributed by atoms with van der Waals surface area (Å²) < 4.78 is 5.61. The third-order valence-corrected chi connectivity index (χ3v) is 6.07. The van der Waals surface area contributed by atoms with Crippen LogP contribution in [0.1, 0.15) is 30.2 Å². The molecular weight excluding hydrogens is 314 g/mol. The molecule has 4 rings (SSSR count). The Morgan fingerprint density at radius 3 is 2.91 bits per heavy atom. The van der Waals surface area contributed by atoms with Crippen LogP contribution in [0.2, 0.25) is 0 Å². The SMILES string of the molecule is O=C1OC2(CCNCC2)CN1CC(=O)N1CC[C@H]1c1cccs1. The van der Waals surface area contributed by atoms with Crippen molar-refractivity contribution in [3.63, 3.8) is 0 Å². The van der Waals surface area contributed by atoms with Crippen molar-refractivity contribution in [3.8, 4) is 0 Å². The predicted octanol–water partition coefficient (Wildman–Crippen LogP) is 1.60. The van der Waals surface area contributed by atoms with E-state index < -0.39 is 0 Å². The summed E-state index contributed by atoms with van der Waals surface area (Å²) in [4.78, 5) is 29.4. The molecule has 1 N–H and O–H groups in total. The van der Waals surface area contributed by atoms with Gasteiger partial charge in [0.15, 0.2) is 0 Å². The smallest absolute Gasteiger partial charge is 0.410 e. The zero-order chi connectivity index (χ0) is 15.9. The molecule has 0 bridgehead atoms. The fourth-order valence-electron chi connectivity index (χ4n) is 3.67. The molecule has 1 aromatic heterocycles. The van der Waals surface area contributed by atoms with Gasteiger partial charge >= 0.3 is 6.09 Å². The van der Waals surface area contributed by atoms with Gasteiger partial charge in [0.1, 0.15) is 12.1 Å². The Balaban J connectivity index is 1.38. The second-order valence-corrected chi connectivity index (χ2v) is 7.54. The summed E-state index contributed by atoms with van der Waals surface area (Å²) in [6.45, 7) is 3.18. The van der Waals surface area contributed by atoms with Crippen LogP contribution in [0.3, 0.4) is 0 Å². The minimum absolute atomic E-state index is 0.0255. The first-order valence-corrected chi connectivity index (χ1v) is 9.06. The van der Waals surface area contributed by atoms with E-state index in [1.165, 1.54) is 4.88 Å². The molecule has 0 aromatic carbocycles. The summed E-state index contributed by atoms with van der Waals surface area (Å²) in [5.74, 6) is 0.0255. The Labute approximate surface area is 139 Å². The fourth-order valence-corrected chi connectivity index (χ4v) is 4.55. The minimum Gasteiger partial charge on any atom is -0.441 e. The Morgan fingerprint density at radius 2 is 2.26 bits per heavy atom. The average Bonchev–Trinajstić information content (AvgIpc) is 3.08. The molecule has 0 aliphatic carbocycles. The molecule has 7 heteroatoms. The van der Waals surface area contributed by atoms with E-state index in [1.54, 1.807) is 16.2 Å². The first kappa shape index (κ1) is 15.0. The summed E-state index contributed by atoms with van der Waals surface area (Å²) in [5.41, 5.74) is -0.384. The van der Waals surface area contributed by atoms with Crippen LogP contribution >= 0.6 is 11.3 Å². The summed E-state index contributed by atoms with van der Waals surface area (Å²) in [6, 6.07) is 4.27. The highest BCUT2D eigenvalue weighted by atomic mass is 32.1. The molecule has 4 heterocycles. The van der Waals surface area contributed by atoms with Crippen molar-refractivity contribution < 1.29 is 14.3 Å². The second kappa shape index (κ2) is 5.79. The van der Waals surface area contributed by atoms with Crippen molar-refractivity contribution in [2.75, 3.05) is 32.7 Å². The van der Waals surface area contributed by atoms with Crippen LogP contribution in [0.4, 0.5) is 4.79 Å². The number of hydrogen-bond donors (Lipinski definition) is 1. The first-order chi connectivity index (χ1) is 11.2. The lowest BCUT2D eigenvalue weighted by Gasteiger charge is -2.41. The molecule has 0 unspecified atom stereocenters. The number of nitrogens with zero attached hydrogens (tertiary/aromatic N) is 2. The number of ether oxygens (including phenoxy) is 1. The van der Waals surface area contributed by atoms with Crippen LogP contribution in [0.5, 0.6) is 0 Å². The maximum Gasteiger partial charge on any atom is 0.410 e. The molecule has 23 heavy (non-hydrogen) atoms. The number of likely N-dealkylation sites (tertiary alicyclic amines) is 1. The molecule has 1 spiro atoms. The zero-order valence-electron chi connectivity index (χ0n) is 13.0. The van der Waals surface area contributed by atoms with Gasteiger partial charge in [-0.15, -0.1) is 11.3 Å². The van der Waals surface area contributed by atoms with E-state index in [2.05, 4.69) is 11.4 Å². The van der Waals surface area contributed by atoms with E-state index in [9.17, 15) is 9.59 Å². The van der Waals surface area contributed by atoms with Gasteiger partial charge in [-0.1, -0.05) is 6.07 Å². The van der Waals surface area contributed by atoms with Crippen molar-refractivity contribution in [1.29, 1.82) is 0 Å². The van der Waals surface area contributed by atoms with E-state index in [-0.39, 0.29) is 30.2 Å². The molecule has 1 atom stereocenters. The number of carbonyl (C=O) groups is 2. The van der Waals surface area contributed by atoms with Crippen LogP contribution in [-0.4, -0.2) is 60.1 Å². The number of piperidine rings is 1. The molecule has 3 aliphatic rings. The molecule has 2 amide bonds. The topological polar surface area (TPSA) is 61.9 Å². The zero-order valence-corrected chi connectivity index (χ0v) is 13.8. The highest BCUT2D eigenvalue weighted by molar-refractivity contribution is 7.10. The monoisotopic (exact) mass is 335 g/mol. The van der Waals surface area contributed by atoms with Crippen LogP contribution in [0, 0.1) is 0 Å². The molecule has 0 saturated carbocycles. The number of thiophene rings is 1. The normalized spacial score (nSPS) is 26.3. The second-order valence-electron chi connectivity index (χ2n) is 6.56. The van der Waals surface area contributed by atoms with Gasteiger partial charge in [-0.05, 0) is 31.0 Å². The molecule has 124 valence electrons. The Bertz CT molecular complexity index is 598. The van der Waals surface area contributed by atoms with Crippen molar-refractivity contribution in [2.45, 2.75) is 30.9 Å². The standard InChI is InChI=1S/C16H21N3O3S/c20-14(19-8-3-12(19)13-2-1-9-23-13)10-18-11-16(22-15(18)21)4-6-17-7-5-16/h1-2,9,12,17H,3-8,10-11H2/t12-/m0/s1. The third-order valence-electron chi connectivity index (χ3n) is 5.09. The Kier molecular flexibility index (Phi) is 3.77. The quantitative estimate of drug-likeness (QED) is 0.911. The van der Waals surface area contributed by atoms with E-state index in [1.807, 2.05) is 16.3 Å². The van der Waals surface area contributed by atoms with Gasteiger partial charge in [-0.3, -0.25) is 9.69 Å². The van der Waals surface area contributed by atoms with Crippen molar-refractivity contribution >= 4 is 23.3 Å². The van der Waals surface area contributed by atoms with Crippen LogP contribution in [0.25, 0.3) is 0 Å². The lowest BCUT2D eigenvalue weighted by Crippen LogP contribution is -2.50. The number of hydrogen-bond acceptors (Lipinski definition) is 5. The van der Waals surface area contributed by atoms with Crippen LogP contribution in [-0.2, 0) is 9.53 Å². The van der Waals surface area contributed by atoms with Gasteiger partial charge in [0, 0.05) is 24.3 Å². The number of amides is 2. The maximum atomic E-state index is 12.6. The number of rotatable bonds is 3. The molecular formula is C16H21N3O3S. The van der Waals surface area contributed by atoms with E-state index in [0.717, 1.165) is 38.9 Å². The van der Waals surface area contributed by atoms with Gasteiger partial charge in [0.2, 0.25) is 5.91 Å². The Hall–Kier alpha value is -1.60. The first-order valence-electron chi connectivity index (χ1n) is 8.18. The maximum absolute atomic E-state index is 12.6. The average molecular weight is 335 g/mol. The highest BCUT2D eigenvalue weighted by Crippen LogP contribution is 2.36. The van der Waals surface area contributed by atoms with Crippen LogP contribution in [0.15, 0.2) is 17.5 Å². The molecule has 6 nitrogen and oxygen atoms in total. The van der Waals surface area contributed by atoms with Crippen molar-refractivity contribution in [2.24, 2.45) is 0 Å². The van der Waals surface area contributed by atoms with Gasteiger partial charge in [0.25, 0.3) is 0 Å². The van der Waals surface area contributed by atoms with E-state index >= 15 is 0 Å². The molecule has 1 aromatic rings. The fraction of sp³-hybridized carbons (Fsp3) is 0.625. The predicted molar refractivity (Wildman–Crippen MR) is 86.3 cm³/mol. The lowest BCUT2D eigenvalue weighted by molar-refractivity contribution is -0.139.